The number of nitrogens with one attached hydrogen (secondary N) is 1. The number of halogens is 2. The quantitative estimate of drug-likeness (QED) is 0.387. The van der Waals surface area contributed by atoms with E-state index in [0.717, 1.165) is 26.9 Å². The smallest absolute Gasteiger partial charge is 0.335 e. The maximum atomic E-state index is 11.1. The summed E-state index contributed by atoms with van der Waals surface area (Å²) in [6.07, 6.45) is 0. The number of benzene rings is 3. The van der Waals surface area contributed by atoms with Crippen molar-refractivity contribution in [3.05, 3.63) is 86.3 Å². The fraction of sp³-hybridized carbons (Fsp3) is 0.174. The summed E-state index contributed by atoms with van der Waals surface area (Å²) in [4.78, 5) is 11.1. The molecule has 0 spiro atoms. The molecule has 0 aromatic heterocycles. The average Bonchev–Trinajstić information content (AvgIpc) is 2.71. The largest absolute Gasteiger partial charge is 0.493 e. The van der Waals surface area contributed by atoms with Crippen molar-refractivity contribution in [2.24, 2.45) is 0 Å². The summed E-state index contributed by atoms with van der Waals surface area (Å²) >= 11 is 9.60. The molecule has 3 rings (SSSR count). The van der Waals surface area contributed by atoms with E-state index in [2.05, 4.69) is 21.2 Å². The molecule has 0 aliphatic carbocycles. The Kier molecular flexibility index (Phi) is 7.24. The first-order valence-corrected chi connectivity index (χ1v) is 10.4. The van der Waals surface area contributed by atoms with Crippen LogP contribution in [-0.4, -0.2) is 18.2 Å². The number of methoxy groups -OCH3 is 1. The van der Waals surface area contributed by atoms with Crippen LogP contribution >= 0.6 is 27.5 Å². The molecular formula is C23H21BrClNO4. The van der Waals surface area contributed by atoms with Crippen LogP contribution in [0, 0.1) is 6.92 Å². The SMILES string of the molecule is COc1cc(CNc2ccc(C(=O)O)cc2C)cc(Br)c1OCc1cccc(Cl)c1. The third-order valence-electron chi connectivity index (χ3n) is 4.52. The molecule has 2 N–H and O–H groups in total. The van der Waals surface area contributed by atoms with Crippen molar-refractivity contribution in [1.29, 1.82) is 0 Å². The Bertz CT molecular complexity index is 1070. The molecule has 0 bridgehead atoms. The monoisotopic (exact) mass is 489 g/mol. The zero-order valence-corrected chi connectivity index (χ0v) is 18.9. The predicted octanol–water partition coefficient (Wildman–Crippen LogP) is 6.31. The second kappa shape index (κ2) is 9.87. The van der Waals surface area contributed by atoms with Crippen LogP contribution in [0.1, 0.15) is 27.0 Å². The standard InChI is InChI=1S/C23H21BrClNO4/c1-14-8-17(23(27)28)6-7-20(14)26-12-16-10-19(24)22(21(11-16)29-2)30-13-15-4-3-5-18(25)9-15/h3-11,26H,12-13H2,1-2H3,(H,27,28). The Morgan fingerprint density at radius 1 is 1.13 bits per heavy atom. The van der Waals surface area contributed by atoms with Crippen molar-refractivity contribution in [3.63, 3.8) is 0 Å². The van der Waals surface area contributed by atoms with Gasteiger partial charge in [0.25, 0.3) is 0 Å². The topological polar surface area (TPSA) is 67.8 Å². The summed E-state index contributed by atoms with van der Waals surface area (Å²) in [7, 11) is 1.60. The Labute approximate surface area is 188 Å². The first-order chi connectivity index (χ1) is 14.4. The Morgan fingerprint density at radius 3 is 2.60 bits per heavy atom. The molecule has 7 heteroatoms. The number of carboxylic acid groups (broad SMARTS) is 1. The van der Waals surface area contributed by atoms with Crippen molar-refractivity contribution in [2.75, 3.05) is 12.4 Å². The highest BCUT2D eigenvalue weighted by Crippen LogP contribution is 2.37. The number of carbonyl (C=O) groups is 1. The van der Waals surface area contributed by atoms with Gasteiger partial charge in [-0.3, -0.25) is 0 Å². The van der Waals surface area contributed by atoms with Crippen molar-refractivity contribution >= 4 is 39.2 Å². The van der Waals surface area contributed by atoms with Crippen LogP contribution in [-0.2, 0) is 13.2 Å². The minimum Gasteiger partial charge on any atom is -0.493 e. The average molecular weight is 491 g/mol. The van der Waals surface area contributed by atoms with Crippen LogP contribution in [0.5, 0.6) is 11.5 Å². The summed E-state index contributed by atoms with van der Waals surface area (Å²) in [6, 6.07) is 16.4. The molecule has 0 unspecified atom stereocenters. The number of hydrogen-bond acceptors (Lipinski definition) is 4. The van der Waals surface area contributed by atoms with Crippen LogP contribution in [0.25, 0.3) is 0 Å². The summed E-state index contributed by atoms with van der Waals surface area (Å²) < 4.78 is 12.3. The molecule has 156 valence electrons. The van der Waals surface area contributed by atoms with Crippen molar-refractivity contribution in [3.8, 4) is 11.5 Å². The normalized spacial score (nSPS) is 10.5. The molecular weight excluding hydrogens is 470 g/mol. The van der Waals surface area contributed by atoms with Gasteiger partial charge in [-0.05, 0) is 82.0 Å². The minimum absolute atomic E-state index is 0.267. The maximum absolute atomic E-state index is 11.1. The number of carboxylic acids is 1. The van der Waals surface area contributed by atoms with E-state index in [0.29, 0.717) is 29.7 Å². The molecule has 3 aromatic carbocycles. The van der Waals surface area contributed by atoms with Crippen LogP contribution in [0.2, 0.25) is 5.02 Å². The van der Waals surface area contributed by atoms with Gasteiger partial charge in [0.1, 0.15) is 6.61 Å². The summed E-state index contributed by atoms with van der Waals surface area (Å²) in [5.74, 6) is 0.288. The molecule has 0 aliphatic rings. The summed E-state index contributed by atoms with van der Waals surface area (Å²) in [5, 5.41) is 13.1. The van der Waals surface area contributed by atoms with Gasteiger partial charge in [0.2, 0.25) is 0 Å². The van der Waals surface area contributed by atoms with Gasteiger partial charge in [-0.15, -0.1) is 0 Å². The van der Waals surface area contributed by atoms with Crippen molar-refractivity contribution in [1.82, 2.24) is 0 Å². The van der Waals surface area contributed by atoms with Crippen molar-refractivity contribution in [2.45, 2.75) is 20.1 Å². The lowest BCUT2D eigenvalue weighted by molar-refractivity contribution is 0.0697. The lowest BCUT2D eigenvalue weighted by Crippen LogP contribution is -2.04. The van der Waals surface area contributed by atoms with Crippen molar-refractivity contribution < 1.29 is 19.4 Å². The Hall–Kier alpha value is -2.70. The van der Waals surface area contributed by atoms with Crippen LogP contribution in [0.15, 0.2) is 59.1 Å². The first kappa shape index (κ1) is 22.0. The zero-order valence-electron chi connectivity index (χ0n) is 16.5. The number of aromatic carboxylic acids is 1. The lowest BCUT2D eigenvalue weighted by Gasteiger charge is -2.16. The molecule has 3 aromatic rings. The van der Waals surface area contributed by atoms with E-state index >= 15 is 0 Å². The van der Waals surface area contributed by atoms with E-state index in [1.165, 1.54) is 0 Å². The second-order valence-electron chi connectivity index (χ2n) is 6.72. The molecule has 0 fully saturated rings. The highest BCUT2D eigenvalue weighted by molar-refractivity contribution is 9.10. The van der Waals surface area contributed by atoms with Crippen LogP contribution in [0.3, 0.4) is 0 Å². The van der Waals surface area contributed by atoms with Gasteiger partial charge in [-0.2, -0.15) is 0 Å². The van der Waals surface area contributed by atoms with E-state index < -0.39 is 5.97 Å². The minimum atomic E-state index is -0.938. The van der Waals surface area contributed by atoms with Crippen LogP contribution < -0.4 is 14.8 Å². The number of hydrogen-bond donors (Lipinski definition) is 2. The Morgan fingerprint density at radius 2 is 1.93 bits per heavy atom. The molecule has 0 heterocycles. The molecule has 0 amide bonds. The van der Waals surface area contributed by atoms with Gasteiger partial charge < -0.3 is 19.9 Å². The van der Waals surface area contributed by atoms with E-state index in [1.807, 2.05) is 43.3 Å². The molecule has 5 nitrogen and oxygen atoms in total. The maximum Gasteiger partial charge on any atom is 0.335 e. The first-order valence-electron chi connectivity index (χ1n) is 9.19. The van der Waals surface area contributed by atoms with Gasteiger partial charge in [-0.1, -0.05) is 23.7 Å². The molecule has 0 aliphatic heterocycles. The van der Waals surface area contributed by atoms with E-state index in [4.69, 9.17) is 26.2 Å². The van der Waals surface area contributed by atoms with Gasteiger partial charge >= 0.3 is 5.97 Å². The zero-order chi connectivity index (χ0) is 21.7. The lowest BCUT2D eigenvalue weighted by atomic mass is 10.1. The van der Waals surface area contributed by atoms with E-state index in [9.17, 15) is 4.79 Å². The van der Waals surface area contributed by atoms with Gasteiger partial charge in [-0.25, -0.2) is 4.79 Å². The van der Waals surface area contributed by atoms with E-state index in [-0.39, 0.29) is 5.56 Å². The van der Waals surface area contributed by atoms with Gasteiger partial charge in [0, 0.05) is 17.3 Å². The molecule has 0 saturated carbocycles. The summed E-state index contributed by atoms with van der Waals surface area (Å²) in [6.45, 7) is 2.77. The number of aryl methyl sites for hydroxylation is 1. The predicted molar refractivity (Wildman–Crippen MR) is 122 cm³/mol. The Balaban J connectivity index is 1.72. The van der Waals surface area contributed by atoms with Gasteiger partial charge in [0.15, 0.2) is 11.5 Å². The summed E-state index contributed by atoms with van der Waals surface area (Å²) in [5.41, 5.74) is 3.94. The molecule has 0 atom stereocenters. The molecule has 0 radical (unpaired) electrons. The third kappa shape index (κ3) is 5.46. The molecule has 30 heavy (non-hydrogen) atoms. The van der Waals surface area contributed by atoms with Crippen LogP contribution in [0.4, 0.5) is 5.69 Å². The number of ether oxygens (including phenoxy) is 2. The fourth-order valence-corrected chi connectivity index (χ4v) is 3.81. The highest BCUT2D eigenvalue weighted by atomic mass is 79.9. The fourth-order valence-electron chi connectivity index (χ4n) is 2.99. The van der Waals surface area contributed by atoms with Gasteiger partial charge in [0.05, 0.1) is 17.1 Å². The molecule has 0 saturated heterocycles. The van der Waals surface area contributed by atoms with E-state index in [1.54, 1.807) is 25.3 Å². The second-order valence-corrected chi connectivity index (χ2v) is 8.01. The third-order valence-corrected chi connectivity index (χ3v) is 5.34. The number of anilines is 1. The number of rotatable bonds is 8. The highest BCUT2D eigenvalue weighted by Gasteiger charge is 2.13.